The lowest BCUT2D eigenvalue weighted by molar-refractivity contribution is 0.0897. The molecule has 1 aliphatic carbocycles. The molecule has 1 N–H and O–H groups in total. The van der Waals surface area contributed by atoms with E-state index in [-0.39, 0.29) is 0 Å². The third kappa shape index (κ3) is 3.92. The van der Waals surface area contributed by atoms with Crippen LogP contribution in [0.5, 0.6) is 0 Å². The maximum absolute atomic E-state index is 4.52. The van der Waals surface area contributed by atoms with E-state index in [1.165, 1.54) is 41.8 Å². The average Bonchev–Trinajstić information content (AvgIpc) is 3.16. The van der Waals surface area contributed by atoms with Crippen LogP contribution in [0.3, 0.4) is 0 Å². The third-order valence-electron chi connectivity index (χ3n) is 5.80. The zero-order valence-corrected chi connectivity index (χ0v) is 15.8. The molecule has 2 aromatic rings. The molecule has 2 aliphatic rings. The molecule has 0 bridgehead atoms. The smallest absolute Gasteiger partial charge is 0.0475 e. The fourth-order valence-electron chi connectivity index (χ4n) is 4.35. The van der Waals surface area contributed by atoms with Crippen LogP contribution in [0, 0.1) is 0 Å². The van der Waals surface area contributed by atoms with Gasteiger partial charge in [0.1, 0.15) is 0 Å². The van der Waals surface area contributed by atoms with Gasteiger partial charge in [-0.3, -0.25) is 9.88 Å². The van der Waals surface area contributed by atoms with Crippen LogP contribution in [0.15, 0.2) is 42.6 Å². The van der Waals surface area contributed by atoms with E-state index < -0.39 is 0 Å². The van der Waals surface area contributed by atoms with Crippen LogP contribution >= 0.6 is 0 Å². The SMILES string of the molecule is CN1CCN(CCCNc2ccnc3c2CCC3)C(c2ccccc2)C1. The minimum atomic E-state index is 0.514. The van der Waals surface area contributed by atoms with Crippen molar-refractivity contribution in [2.45, 2.75) is 31.7 Å². The summed E-state index contributed by atoms with van der Waals surface area (Å²) in [6.07, 6.45) is 6.70. The van der Waals surface area contributed by atoms with Crippen LogP contribution in [-0.4, -0.2) is 54.6 Å². The number of likely N-dealkylation sites (N-methyl/N-ethyl adjacent to an activating group) is 1. The van der Waals surface area contributed by atoms with Gasteiger partial charge < -0.3 is 10.2 Å². The number of rotatable bonds is 6. The van der Waals surface area contributed by atoms with Gasteiger partial charge in [0.25, 0.3) is 0 Å². The van der Waals surface area contributed by atoms with Gasteiger partial charge in [0.15, 0.2) is 0 Å². The van der Waals surface area contributed by atoms with E-state index in [1.54, 1.807) is 0 Å². The summed E-state index contributed by atoms with van der Waals surface area (Å²) >= 11 is 0. The standard InChI is InChI=1S/C22H30N4/c1-25-15-16-26(22(17-25)18-7-3-2-4-8-18)14-6-12-23-21-11-13-24-20-10-5-9-19(20)21/h2-4,7-8,11,13,22H,5-6,9-10,12,14-17H2,1H3,(H,23,24). The second-order valence-electron chi connectivity index (χ2n) is 7.64. The molecule has 0 radical (unpaired) electrons. The summed E-state index contributed by atoms with van der Waals surface area (Å²) in [5, 5.41) is 3.67. The zero-order valence-electron chi connectivity index (χ0n) is 15.8. The van der Waals surface area contributed by atoms with Crippen molar-refractivity contribution < 1.29 is 0 Å². The highest BCUT2D eigenvalue weighted by Crippen LogP contribution is 2.27. The molecule has 1 atom stereocenters. The normalized spacial score (nSPS) is 20.9. The first-order valence-electron chi connectivity index (χ1n) is 9.99. The number of aryl methyl sites for hydroxylation is 1. The molecule has 1 aliphatic heterocycles. The molecule has 2 heterocycles. The van der Waals surface area contributed by atoms with Crippen molar-refractivity contribution >= 4 is 5.69 Å². The summed E-state index contributed by atoms with van der Waals surface area (Å²) in [7, 11) is 2.23. The lowest BCUT2D eigenvalue weighted by Gasteiger charge is -2.40. The molecule has 4 nitrogen and oxygen atoms in total. The first-order chi connectivity index (χ1) is 12.8. The highest BCUT2D eigenvalue weighted by atomic mass is 15.3. The molecule has 4 rings (SSSR count). The Kier molecular flexibility index (Phi) is 5.51. The Morgan fingerprint density at radius 3 is 2.88 bits per heavy atom. The van der Waals surface area contributed by atoms with E-state index in [9.17, 15) is 0 Å². The van der Waals surface area contributed by atoms with E-state index in [0.29, 0.717) is 6.04 Å². The third-order valence-corrected chi connectivity index (χ3v) is 5.80. The number of benzene rings is 1. The summed E-state index contributed by atoms with van der Waals surface area (Å²) in [5.41, 5.74) is 5.51. The van der Waals surface area contributed by atoms with E-state index in [0.717, 1.165) is 39.1 Å². The monoisotopic (exact) mass is 350 g/mol. The minimum absolute atomic E-state index is 0.514. The summed E-state index contributed by atoms with van der Waals surface area (Å²) in [6, 6.07) is 13.6. The molecule has 138 valence electrons. The lowest BCUT2D eigenvalue weighted by atomic mass is 10.0. The highest BCUT2D eigenvalue weighted by molar-refractivity contribution is 5.54. The first kappa shape index (κ1) is 17.5. The van der Waals surface area contributed by atoms with Crippen LogP contribution in [0.4, 0.5) is 5.69 Å². The van der Waals surface area contributed by atoms with Crippen molar-refractivity contribution in [2.24, 2.45) is 0 Å². The van der Waals surface area contributed by atoms with Gasteiger partial charge in [-0.1, -0.05) is 30.3 Å². The van der Waals surface area contributed by atoms with E-state index in [2.05, 4.69) is 63.5 Å². The molecular weight excluding hydrogens is 320 g/mol. The second kappa shape index (κ2) is 8.19. The second-order valence-corrected chi connectivity index (χ2v) is 7.64. The number of hydrogen-bond donors (Lipinski definition) is 1. The Morgan fingerprint density at radius 1 is 1.12 bits per heavy atom. The Bertz CT molecular complexity index is 715. The molecule has 1 aromatic carbocycles. The number of aromatic nitrogens is 1. The molecule has 4 heteroatoms. The molecule has 0 amide bonds. The van der Waals surface area contributed by atoms with Crippen molar-refractivity contribution in [1.29, 1.82) is 0 Å². The minimum Gasteiger partial charge on any atom is -0.385 e. The van der Waals surface area contributed by atoms with Crippen LogP contribution in [0.1, 0.15) is 35.7 Å². The van der Waals surface area contributed by atoms with Gasteiger partial charge in [-0.15, -0.1) is 0 Å². The molecule has 1 unspecified atom stereocenters. The van der Waals surface area contributed by atoms with E-state index in [1.807, 2.05) is 6.20 Å². The quantitative estimate of drug-likeness (QED) is 0.810. The van der Waals surface area contributed by atoms with E-state index in [4.69, 9.17) is 0 Å². The van der Waals surface area contributed by atoms with Crippen molar-refractivity contribution in [3.8, 4) is 0 Å². The zero-order chi connectivity index (χ0) is 17.8. The van der Waals surface area contributed by atoms with Crippen LogP contribution in [0.2, 0.25) is 0 Å². The van der Waals surface area contributed by atoms with Gasteiger partial charge in [-0.2, -0.15) is 0 Å². The molecule has 26 heavy (non-hydrogen) atoms. The van der Waals surface area contributed by atoms with Crippen molar-refractivity contribution in [2.75, 3.05) is 45.1 Å². The number of anilines is 1. The maximum Gasteiger partial charge on any atom is 0.0475 e. The Balaban J connectivity index is 1.33. The van der Waals surface area contributed by atoms with Crippen LogP contribution < -0.4 is 5.32 Å². The Hall–Kier alpha value is -1.91. The number of pyridine rings is 1. The van der Waals surface area contributed by atoms with Gasteiger partial charge >= 0.3 is 0 Å². The van der Waals surface area contributed by atoms with Crippen molar-refractivity contribution in [3.63, 3.8) is 0 Å². The molecule has 1 saturated heterocycles. The van der Waals surface area contributed by atoms with Crippen LogP contribution in [0.25, 0.3) is 0 Å². The Labute approximate surface area is 157 Å². The molecule has 1 fully saturated rings. The number of nitrogens with zero attached hydrogens (tertiary/aromatic N) is 3. The molecule has 0 spiro atoms. The molecule has 1 aromatic heterocycles. The first-order valence-corrected chi connectivity index (χ1v) is 9.99. The number of hydrogen-bond acceptors (Lipinski definition) is 4. The van der Waals surface area contributed by atoms with Gasteiger partial charge in [-0.25, -0.2) is 0 Å². The highest BCUT2D eigenvalue weighted by Gasteiger charge is 2.26. The average molecular weight is 351 g/mol. The largest absolute Gasteiger partial charge is 0.385 e. The summed E-state index contributed by atoms with van der Waals surface area (Å²) in [5.74, 6) is 0. The molecular formula is C22H30N4. The number of fused-ring (bicyclic) bond motifs is 1. The predicted octanol–water partition coefficient (Wildman–Crippen LogP) is 3.36. The Morgan fingerprint density at radius 2 is 2.00 bits per heavy atom. The topological polar surface area (TPSA) is 31.4 Å². The van der Waals surface area contributed by atoms with Crippen molar-refractivity contribution in [1.82, 2.24) is 14.8 Å². The van der Waals surface area contributed by atoms with Gasteiger partial charge in [-0.05, 0) is 49.9 Å². The fraction of sp³-hybridized carbons (Fsp3) is 0.500. The van der Waals surface area contributed by atoms with Crippen LogP contribution in [-0.2, 0) is 12.8 Å². The van der Waals surface area contributed by atoms with Gasteiger partial charge in [0.05, 0.1) is 0 Å². The maximum atomic E-state index is 4.52. The van der Waals surface area contributed by atoms with Crippen molar-refractivity contribution in [3.05, 3.63) is 59.4 Å². The predicted molar refractivity (Wildman–Crippen MR) is 108 cm³/mol. The molecule has 0 saturated carbocycles. The summed E-state index contributed by atoms with van der Waals surface area (Å²) in [6.45, 7) is 5.61. The van der Waals surface area contributed by atoms with Gasteiger partial charge in [0, 0.05) is 56.3 Å². The number of piperazine rings is 1. The summed E-state index contributed by atoms with van der Waals surface area (Å²) < 4.78 is 0. The van der Waals surface area contributed by atoms with Gasteiger partial charge in [0.2, 0.25) is 0 Å². The van der Waals surface area contributed by atoms with E-state index >= 15 is 0 Å². The fourth-order valence-corrected chi connectivity index (χ4v) is 4.35. The number of nitrogens with one attached hydrogen (secondary N) is 1. The summed E-state index contributed by atoms with van der Waals surface area (Å²) in [4.78, 5) is 9.63. The lowest BCUT2D eigenvalue weighted by Crippen LogP contribution is -2.47.